The number of fused-ring (bicyclic) bond motifs is 1. The van der Waals surface area contributed by atoms with Crippen LogP contribution in [0.3, 0.4) is 0 Å². The van der Waals surface area contributed by atoms with Crippen LogP contribution in [0.2, 0.25) is 5.02 Å². The Morgan fingerprint density at radius 1 is 1.20 bits per heavy atom. The van der Waals surface area contributed by atoms with Crippen molar-refractivity contribution in [2.75, 3.05) is 5.32 Å². The van der Waals surface area contributed by atoms with Gasteiger partial charge < -0.3 is 10.3 Å². The molecule has 0 fully saturated rings. The number of rotatable bonds is 3. The minimum absolute atomic E-state index is 0.0673. The van der Waals surface area contributed by atoms with E-state index in [0.29, 0.717) is 16.5 Å². The average molecular weight is 290 g/mol. The topological polar surface area (TPSA) is 40.7 Å². The summed E-state index contributed by atoms with van der Waals surface area (Å²) in [7, 11) is 0. The molecule has 0 aliphatic rings. The first-order valence-corrected chi connectivity index (χ1v) is 6.67. The van der Waals surface area contributed by atoms with E-state index in [-0.39, 0.29) is 11.9 Å². The monoisotopic (exact) mass is 289 g/mol. The SMILES string of the molecule is CC(Nc1nc2ccc(F)cc2[nH]1)c1ccc(Cl)cc1. The highest BCUT2D eigenvalue weighted by Crippen LogP contribution is 2.21. The Balaban J connectivity index is 1.83. The predicted molar refractivity (Wildman–Crippen MR) is 79.5 cm³/mol. The molecular weight excluding hydrogens is 277 g/mol. The van der Waals surface area contributed by atoms with E-state index in [4.69, 9.17) is 11.6 Å². The molecule has 0 spiro atoms. The van der Waals surface area contributed by atoms with Gasteiger partial charge in [-0.2, -0.15) is 0 Å². The van der Waals surface area contributed by atoms with Gasteiger partial charge in [-0.05, 0) is 42.8 Å². The maximum Gasteiger partial charge on any atom is 0.201 e. The van der Waals surface area contributed by atoms with Gasteiger partial charge in [0, 0.05) is 5.02 Å². The number of benzene rings is 2. The molecule has 0 amide bonds. The van der Waals surface area contributed by atoms with Gasteiger partial charge in [-0.15, -0.1) is 0 Å². The number of nitrogens with one attached hydrogen (secondary N) is 2. The van der Waals surface area contributed by atoms with E-state index in [1.54, 1.807) is 6.07 Å². The van der Waals surface area contributed by atoms with Gasteiger partial charge in [-0.25, -0.2) is 9.37 Å². The van der Waals surface area contributed by atoms with E-state index in [2.05, 4.69) is 15.3 Å². The molecule has 20 heavy (non-hydrogen) atoms. The average Bonchev–Trinajstić information content (AvgIpc) is 2.80. The number of nitrogens with zero attached hydrogens (tertiary/aromatic N) is 1. The van der Waals surface area contributed by atoms with Crippen LogP contribution in [-0.2, 0) is 0 Å². The van der Waals surface area contributed by atoms with Crippen molar-refractivity contribution >= 4 is 28.6 Å². The van der Waals surface area contributed by atoms with Crippen molar-refractivity contribution < 1.29 is 4.39 Å². The molecule has 3 aromatic rings. The fourth-order valence-electron chi connectivity index (χ4n) is 2.09. The number of aromatic nitrogens is 2. The lowest BCUT2D eigenvalue weighted by molar-refractivity contribution is 0.629. The number of hydrogen-bond donors (Lipinski definition) is 2. The third-order valence-electron chi connectivity index (χ3n) is 3.17. The summed E-state index contributed by atoms with van der Waals surface area (Å²) in [6.07, 6.45) is 0. The third-order valence-corrected chi connectivity index (χ3v) is 3.42. The molecule has 0 bridgehead atoms. The van der Waals surface area contributed by atoms with Crippen LogP contribution in [0.4, 0.5) is 10.3 Å². The van der Waals surface area contributed by atoms with E-state index < -0.39 is 0 Å². The van der Waals surface area contributed by atoms with Crippen LogP contribution < -0.4 is 5.32 Å². The molecule has 0 saturated heterocycles. The maximum atomic E-state index is 13.1. The second-order valence-electron chi connectivity index (χ2n) is 4.66. The smallest absolute Gasteiger partial charge is 0.201 e. The van der Waals surface area contributed by atoms with Crippen LogP contribution in [0.5, 0.6) is 0 Å². The molecule has 0 aliphatic heterocycles. The summed E-state index contributed by atoms with van der Waals surface area (Å²) in [5.74, 6) is 0.339. The first kappa shape index (κ1) is 12.9. The zero-order valence-corrected chi connectivity index (χ0v) is 11.6. The second-order valence-corrected chi connectivity index (χ2v) is 5.10. The summed E-state index contributed by atoms with van der Waals surface area (Å²) in [6, 6.07) is 12.2. The van der Waals surface area contributed by atoms with Crippen LogP contribution in [0.15, 0.2) is 42.5 Å². The van der Waals surface area contributed by atoms with Crippen molar-refractivity contribution in [1.82, 2.24) is 9.97 Å². The van der Waals surface area contributed by atoms with E-state index in [1.165, 1.54) is 12.1 Å². The van der Waals surface area contributed by atoms with E-state index in [1.807, 2.05) is 31.2 Å². The van der Waals surface area contributed by atoms with Crippen LogP contribution in [0.25, 0.3) is 11.0 Å². The Kier molecular flexibility index (Phi) is 3.32. The van der Waals surface area contributed by atoms with Crippen molar-refractivity contribution in [3.8, 4) is 0 Å². The zero-order valence-electron chi connectivity index (χ0n) is 10.8. The molecule has 1 unspecified atom stereocenters. The maximum absolute atomic E-state index is 13.1. The summed E-state index contributed by atoms with van der Waals surface area (Å²) >= 11 is 5.87. The molecule has 1 heterocycles. The quantitative estimate of drug-likeness (QED) is 0.744. The fraction of sp³-hybridized carbons (Fsp3) is 0.133. The summed E-state index contributed by atoms with van der Waals surface area (Å²) in [5.41, 5.74) is 2.51. The Bertz CT molecular complexity index is 736. The van der Waals surface area contributed by atoms with Gasteiger partial charge in [0.15, 0.2) is 0 Å². The molecular formula is C15H13ClFN3. The highest BCUT2D eigenvalue weighted by molar-refractivity contribution is 6.30. The minimum atomic E-state index is -0.279. The van der Waals surface area contributed by atoms with Crippen molar-refractivity contribution in [3.05, 3.63) is 58.9 Å². The molecule has 102 valence electrons. The lowest BCUT2D eigenvalue weighted by Crippen LogP contribution is -2.07. The molecule has 2 N–H and O–H groups in total. The second kappa shape index (κ2) is 5.13. The van der Waals surface area contributed by atoms with Gasteiger partial charge in [0.2, 0.25) is 5.95 Å². The van der Waals surface area contributed by atoms with Gasteiger partial charge >= 0.3 is 0 Å². The number of imidazole rings is 1. The fourth-order valence-corrected chi connectivity index (χ4v) is 2.22. The first-order valence-electron chi connectivity index (χ1n) is 6.29. The summed E-state index contributed by atoms with van der Waals surface area (Å²) in [5, 5.41) is 3.96. The largest absolute Gasteiger partial charge is 0.349 e. The summed E-state index contributed by atoms with van der Waals surface area (Å²) < 4.78 is 13.1. The van der Waals surface area contributed by atoms with E-state index in [9.17, 15) is 4.39 Å². The number of aromatic amines is 1. The van der Waals surface area contributed by atoms with Gasteiger partial charge in [0.25, 0.3) is 0 Å². The van der Waals surface area contributed by atoms with Crippen LogP contribution in [0, 0.1) is 5.82 Å². The van der Waals surface area contributed by atoms with Crippen molar-refractivity contribution in [3.63, 3.8) is 0 Å². The number of anilines is 1. The molecule has 3 rings (SSSR count). The van der Waals surface area contributed by atoms with Gasteiger partial charge in [-0.3, -0.25) is 0 Å². The Hall–Kier alpha value is -2.07. The molecule has 0 radical (unpaired) electrons. The number of H-pyrrole nitrogens is 1. The molecule has 5 heteroatoms. The molecule has 3 nitrogen and oxygen atoms in total. The molecule has 0 aliphatic carbocycles. The molecule has 1 atom stereocenters. The predicted octanol–water partition coefficient (Wildman–Crippen LogP) is 4.53. The van der Waals surface area contributed by atoms with Crippen LogP contribution >= 0.6 is 11.6 Å². The minimum Gasteiger partial charge on any atom is -0.349 e. The van der Waals surface area contributed by atoms with Crippen molar-refractivity contribution in [2.45, 2.75) is 13.0 Å². The zero-order chi connectivity index (χ0) is 14.1. The Labute approximate surface area is 120 Å². The van der Waals surface area contributed by atoms with Crippen LogP contribution in [0.1, 0.15) is 18.5 Å². The molecule has 2 aromatic carbocycles. The van der Waals surface area contributed by atoms with E-state index >= 15 is 0 Å². The number of hydrogen-bond acceptors (Lipinski definition) is 2. The first-order chi connectivity index (χ1) is 9.61. The van der Waals surface area contributed by atoms with Crippen molar-refractivity contribution in [1.29, 1.82) is 0 Å². The van der Waals surface area contributed by atoms with Gasteiger partial charge in [0.1, 0.15) is 5.82 Å². The summed E-state index contributed by atoms with van der Waals surface area (Å²) in [4.78, 5) is 7.44. The number of halogens is 2. The van der Waals surface area contributed by atoms with E-state index in [0.717, 1.165) is 11.1 Å². The Morgan fingerprint density at radius 2 is 1.95 bits per heavy atom. The molecule has 1 aromatic heterocycles. The highest BCUT2D eigenvalue weighted by Gasteiger charge is 2.09. The van der Waals surface area contributed by atoms with Crippen molar-refractivity contribution in [2.24, 2.45) is 0 Å². The lowest BCUT2D eigenvalue weighted by Gasteiger charge is -2.13. The highest BCUT2D eigenvalue weighted by atomic mass is 35.5. The standard InChI is InChI=1S/C15H13ClFN3/c1-9(10-2-4-11(16)5-3-10)18-15-19-13-7-6-12(17)8-14(13)20-15/h2-9H,1H3,(H2,18,19,20). The van der Waals surface area contributed by atoms with Gasteiger partial charge in [-0.1, -0.05) is 23.7 Å². The Morgan fingerprint density at radius 3 is 2.70 bits per heavy atom. The summed E-state index contributed by atoms with van der Waals surface area (Å²) in [6.45, 7) is 2.02. The lowest BCUT2D eigenvalue weighted by atomic mass is 10.1. The van der Waals surface area contributed by atoms with Crippen LogP contribution in [-0.4, -0.2) is 9.97 Å². The molecule has 0 saturated carbocycles. The van der Waals surface area contributed by atoms with Gasteiger partial charge in [0.05, 0.1) is 17.1 Å². The third kappa shape index (κ3) is 2.60. The normalized spacial score (nSPS) is 12.6.